The Bertz CT molecular complexity index is 990. The van der Waals surface area contributed by atoms with Crippen LogP contribution in [0.1, 0.15) is 23.0 Å². The molecule has 7 heteroatoms. The first-order valence-electron chi connectivity index (χ1n) is 6.85. The zero-order valence-corrected chi connectivity index (χ0v) is 12.4. The van der Waals surface area contributed by atoms with Crippen molar-refractivity contribution in [3.05, 3.63) is 56.6 Å². The van der Waals surface area contributed by atoms with Crippen LogP contribution in [0.2, 0.25) is 0 Å². The van der Waals surface area contributed by atoms with Crippen molar-refractivity contribution in [2.45, 2.75) is 13.8 Å². The normalized spacial score (nSPS) is 10.9. The minimum atomic E-state index is -0.909. The van der Waals surface area contributed by atoms with Crippen LogP contribution in [0.4, 0.5) is 0 Å². The Hall–Kier alpha value is -3.09. The average molecular weight is 316 g/mol. The predicted molar refractivity (Wildman–Crippen MR) is 79.4 cm³/mol. The molecular formula is C16H12O7. The van der Waals surface area contributed by atoms with Crippen molar-refractivity contribution >= 4 is 16.7 Å². The third-order valence-electron chi connectivity index (χ3n) is 3.27. The van der Waals surface area contributed by atoms with E-state index in [1.807, 2.05) is 0 Å². The van der Waals surface area contributed by atoms with Gasteiger partial charge in [0.25, 0.3) is 0 Å². The highest BCUT2D eigenvalue weighted by atomic mass is 16.5. The summed E-state index contributed by atoms with van der Waals surface area (Å²) >= 11 is 0. The third-order valence-corrected chi connectivity index (χ3v) is 3.27. The number of fused-ring (bicyclic) bond motifs is 1. The third kappa shape index (κ3) is 2.46. The minimum Gasteiger partial charge on any atom is -0.462 e. The van der Waals surface area contributed by atoms with Gasteiger partial charge in [-0.05, 0) is 32.0 Å². The highest BCUT2D eigenvalue weighted by Gasteiger charge is 2.23. The molecule has 0 spiro atoms. The van der Waals surface area contributed by atoms with Gasteiger partial charge in [-0.2, -0.15) is 0 Å². The number of esters is 1. The van der Waals surface area contributed by atoms with Gasteiger partial charge in [0.2, 0.25) is 0 Å². The molecule has 0 saturated heterocycles. The lowest BCUT2D eigenvalue weighted by Crippen LogP contribution is -2.17. The highest BCUT2D eigenvalue weighted by Crippen LogP contribution is 2.25. The molecule has 0 aromatic carbocycles. The summed E-state index contributed by atoms with van der Waals surface area (Å²) in [6.07, 6.45) is 1.41. The molecule has 0 N–H and O–H groups in total. The Morgan fingerprint density at radius 2 is 1.91 bits per heavy atom. The van der Waals surface area contributed by atoms with Crippen molar-refractivity contribution in [2.24, 2.45) is 0 Å². The first kappa shape index (κ1) is 14.8. The highest BCUT2D eigenvalue weighted by molar-refractivity contribution is 6.05. The van der Waals surface area contributed by atoms with Gasteiger partial charge in [-0.15, -0.1) is 0 Å². The van der Waals surface area contributed by atoms with Gasteiger partial charge in [-0.3, -0.25) is 0 Å². The molecule has 118 valence electrons. The summed E-state index contributed by atoms with van der Waals surface area (Å²) in [6, 6.07) is 4.61. The Morgan fingerprint density at radius 1 is 1.17 bits per heavy atom. The molecule has 7 nitrogen and oxygen atoms in total. The van der Waals surface area contributed by atoms with Crippen molar-refractivity contribution in [2.75, 3.05) is 6.61 Å². The van der Waals surface area contributed by atoms with E-state index in [0.29, 0.717) is 5.76 Å². The zero-order valence-electron chi connectivity index (χ0n) is 12.4. The Labute approximate surface area is 129 Å². The van der Waals surface area contributed by atoms with Crippen LogP contribution in [0, 0.1) is 6.92 Å². The summed E-state index contributed by atoms with van der Waals surface area (Å²) in [5, 5.41) is -0.228. The Balaban J connectivity index is 2.41. The standard InChI is InChI=1S/C16H12O7/c1-3-20-14(17)12-8(2)22-15(18)13-9(12)7-11(23-16(13)19)10-5-4-6-21-10/h4-7H,3H2,1-2H3. The van der Waals surface area contributed by atoms with Crippen molar-refractivity contribution < 1.29 is 22.8 Å². The second-order valence-electron chi connectivity index (χ2n) is 4.71. The quantitative estimate of drug-likeness (QED) is 0.684. The zero-order chi connectivity index (χ0) is 16.6. The van der Waals surface area contributed by atoms with Crippen LogP contribution in [-0.4, -0.2) is 12.6 Å². The maximum absolute atomic E-state index is 12.2. The number of hydrogen-bond donors (Lipinski definition) is 0. The van der Waals surface area contributed by atoms with E-state index in [4.69, 9.17) is 18.0 Å². The van der Waals surface area contributed by atoms with E-state index < -0.39 is 17.2 Å². The number of hydrogen-bond acceptors (Lipinski definition) is 7. The van der Waals surface area contributed by atoms with E-state index in [2.05, 4.69) is 0 Å². The molecule has 23 heavy (non-hydrogen) atoms. The topological polar surface area (TPSA) is 99.9 Å². The summed E-state index contributed by atoms with van der Waals surface area (Å²) in [6.45, 7) is 3.25. The maximum Gasteiger partial charge on any atom is 0.351 e. The first-order chi connectivity index (χ1) is 11.0. The molecule has 0 radical (unpaired) electrons. The van der Waals surface area contributed by atoms with Crippen LogP contribution in [-0.2, 0) is 4.74 Å². The molecule has 0 unspecified atom stereocenters. The monoisotopic (exact) mass is 316 g/mol. The fraction of sp³-hybridized carbons (Fsp3) is 0.188. The molecule has 3 rings (SSSR count). The van der Waals surface area contributed by atoms with Crippen LogP contribution in [0.3, 0.4) is 0 Å². The van der Waals surface area contributed by atoms with Gasteiger partial charge in [0.05, 0.1) is 12.9 Å². The molecule has 0 aliphatic carbocycles. The lowest BCUT2D eigenvalue weighted by atomic mass is 10.1. The molecule has 0 atom stereocenters. The van der Waals surface area contributed by atoms with Gasteiger partial charge in [0.1, 0.15) is 11.3 Å². The number of furan rings is 1. The number of aryl methyl sites for hydroxylation is 1. The van der Waals surface area contributed by atoms with E-state index in [9.17, 15) is 14.4 Å². The summed E-state index contributed by atoms with van der Waals surface area (Å²) in [5.41, 5.74) is -1.76. The fourth-order valence-electron chi connectivity index (χ4n) is 2.31. The molecular weight excluding hydrogens is 304 g/mol. The summed E-state index contributed by atoms with van der Waals surface area (Å²) in [7, 11) is 0. The van der Waals surface area contributed by atoms with Crippen molar-refractivity contribution in [1.29, 1.82) is 0 Å². The maximum atomic E-state index is 12.2. The van der Waals surface area contributed by atoms with Crippen molar-refractivity contribution in [1.82, 2.24) is 0 Å². The minimum absolute atomic E-state index is 0.0159. The first-order valence-corrected chi connectivity index (χ1v) is 6.85. The smallest absolute Gasteiger partial charge is 0.351 e. The van der Waals surface area contributed by atoms with Gasteiger partial charge in [0, 0.05) is 5.39 Å². The van der Waals surface area contributed by atoms with E-state index in [1.54, 1.807) is 19.1 Å². The SMILES string of the molecule is CCOC(=O)c1c(C)oc(=O)c2c(=O)oc(-c3ccco3)cc12. The van der Waals surface area contributed by atoms with Gasteiger partial charge in [0.15, 0.2) is 16.9 Å². The molecule has 0 bridgehead atoms. The second-order valence-corrected chi connectivity index (χ2v) is 4.71. The number of rotatable bonds is 3. The number of ether oxygens (including phenoxy) is 1. The summed E-state index contributed by atoms with van der Waals surface area (Å²) in [5.74, 6) is -0.223. The predicted octanol–water partition coefficient (Wildman–Crippen LogP) is 2.49. The lowest BCUT2D eigenvalue weighted by molar-refractivity contribution is 0.0524. The van der Waals surface area contributed by atoms with Crippen molar-refractivity contribution in [3.8, 4) is 11.5 Å². The van der Waals surface area contributed by atoms with Crippen LogP contribution in [0.15, 0.2) is 47.3 Å². The van der Waals surface area contributed by atoms with E-state index in [1.165, 1.54) is 19.3 Å². The van der Waals surface area contributed by atoms with Crippen LogP contribution < -0.4 is 11.3 Å². The van der Waals surface area contributed by atoms with E-state index in [0.717, 1.165) is 0 Å². The Morgan fingerprint density at radius 3 is 2.57 bits per heavy atom. The molecule has 0 amide bonds. The van der Waals surface area contributed by atoms with Gasteiger partial charge in [-0.1, -0.05) is 0 Å². The molecule has 0 aliphatic rings. The average Bonchev–Trinajstić information content (AvgIpc) is 3.00. The molecule has 3 heterocycles. The molecule has 0 saturated carbocycles. The largest absolute Gasteiger partial charge is 0.462 e. The van der Waals surface area contributed by atoms with Crippen LogP contribution >= 0.6 is 0 Å². The molecule has 3 aromatic heterocycles. The second kappa shape index (κ2) is 5.60. The van der Waals surface area contributed by atoms with Crippen molar-refractivity contribution in [3.63, 3.8) is 0 Å². The van der Waals surface area contributed by atoms with Crippen LogP contribution in [0.25, 0.3) is 22.3 Å². The van der Waals surface area contributed by atoms with E-state index in [-0.39, 0.29) is 34.5 Å². The number of carbonyl (C=O) groups excluding carboxylic acids is 1. The molecule has 0 fully saturated rings. The Kier molecular flexibility index (Phi) is 3.61. The molecule has 3 aromatic rings. The molecule has 0 aliphatic heterocycles. The van der Waals surface area contributed by atoms with Gasteiger partial charge in [-0.25, -0.2) is 14.4 Å². The fourth-order valence-corrected chi connectivity index (χ4v) is 2.31. The van der Waals surface area contributed by atoms with Crippen LogP contribution in [0.5, 0.6) is 0 Å². The van der Waals surface area contributed by atoms with Gasteiger partial charge < -0.3 is 18.0 Å². The summed E-state index contributed by atoms with van der Waals surface area (Å²) < 4.78 is 20.2. The summed E-state index contributed by atoms with van der Waals surface area (Å²) in [4.78, 5) is 36.2. The number of carbonyl (C=O) groups is 1. The van der Waals surface area contributed by atoms with Gasteiger partial charge >= 0.3 is 17.2 Å². The lowest BCUT2D eigenvalue weighted by Gasteiger charge is -2.08. The van der Waals surface area contributed by atoms with E-state index >= 15 is 0 Å².